The fourth-order valence-electron chi connectivity index (χ4n) is 1.49. The summed E-state index contributed by atoms with van der Waals surface area (Å²) >= 11 is 0. The van der Waals surface area contributed by atoms with Crippen LogP contribution in [0.3, 0.4) is 0 Å². The molecule has 0 aromatic carbocycles. The third kappa shape index (κ3) is 1.67. The minimum Gasteiger partial charge on any atom is -0.234 e. The Morgan fingerprint density at radius 3 is 2.31 bits per heavy atom. The molecule has 2 heteroatoms. The Balaban J connectivity index is 3.21. The zero-order valence-corrected chi connectivity index (χ0v) is 9.26. The molecular formula is C11H19N2+. The number of nitrogens with zero attached hydrogens (tertiary/aromatic N) is 2. The van der Waals surface area contributed by atoms with E-state index in [1.54, 1.807) is 0 Å². The molecule has 13 heavy (non-hydrogen) atoms. The van der Waals surface area contributed by atoms with E-state index in [2.05, 4.69) is 56.2 Å². The molecule has 0 aliphatic heterocycles. The number of hydrogen-bond donors (Lipinski definition) is 0. The van der Waals surface area contributed by atoms with Crippen molar-refractivity contribution >= 4 is 6.20 Å². The largest absolute Gasteiger partial charge is 0.258 e. The van der Waals surface area contributed by atoms with Crippen LogP contribution in [0.15, 0.2) is 6.08 Å². The van der Waals surface area contributed by atoms with Gasteiger partial charge in [-0.3, -0.25) is 0 Å². The van der Waals surface area contributed by atoms with Crippen molar-refractivity contribution in [2.45, 2.75) is 34.1 Å². The molecule has 2 nitrogen and oxygen atoms in total. The molecule has 0 unspecified atom stereocenters. The Bertz CT molecular complexity index is 307. The second kappa shape index (κ2) is 3.77. The zero-order chi connectivity index (χ0) is 10.0. The predicted octanol–water partition coefficient (Wildman–Crippen LogP) is 2.12. The number of aromatic nitrogens is 2. The van der Waals surface area contributed by atoms with Crippen molar-refractivity contribution in [1.29, 1.82) is 0 Å². The minimum atomic E-state index is 1.08. The zero-order valence-electron chi connectivity index (χ0n) is 9.26. The van der Waals surface area contributed by atoms with Gasteiger partial charge in [-0.15, -0.1) is 0 Å². The van der Waals surface area contributed by atoms with Gasteiger partial charge in [0.1, 0.15) is 11.4 Å². The molecule has 0 atom stereocenters. The van der Waals surface area contributed by atoms with Crippen LogP contribution in [0.4, 0.5) is 0 Å². The Hall–Kier alpha value is -1.05. The standard InChI is InChI=1S/C11H19N2/c1-6-7-8-13-10(3)9(2)12(5)11(13)4/h7-8H,6H2,1-5H3/q+1/b8-7+. The smallest absolute Gasteiger partial charge is 0.234 e. The van der Waals surface area contributed by atoms with Gasteiger partial charge in [0.05, 0.1) is 13.2 Å². The van der Waals surface area contributed by atoms with E-state index in [9.17, 15) is 0 Å². The molecule has 0 amide bonds. The molecule has 0 aliphatic carbocycles. The molecule has 0 radical (unpaired) electrons. The van der Waals surface area contributed by atoms with Gasteiger partial charge in [0.2, 0.25) is 0 Å². The van der Waals surface area contributed by atoms with E-state index in [1.165, 1.54) is 17.2 Å². The maximum Gasteiger partial charge on any atom is 0.258 e. The van der Waals surface area contributed by atoms with Crippen LogP contribution in [0, 0.1) is 20.8 Å². The highest BCUT2D eigenvalue weighted by Gasteiger charge is 2.16. The Morgan fingerprint density at radius 2 is 1.92 bits per heavy atom. The minimum absolute atomic E-state index is 1.08. The van der Waals surface area contributed by atoms with Crippen molar-refractivity contribution in [1.82, 2.24) is 4.57 Å². The first-order valence-electron chi connectivity index (χ1n) is 4.80. The highest BCUT2D eigenvalue weighted by atomic mass is 15.1. The van der Waals surface area contributed by atoms with Crippen LogP contribution in [-0.2, 0) is 7.05 Å². The maximum absolute atomic E-state index is 2.23. The van der Waals surface area contributed by atoms with Crippen LogP contribution in [0.1, 0.15) is 30.6 Å². The lowest BCUT2D eigenvalue weighted by molar-refractivity contribution is -0.582. The lowest BCUT2D eigenvalue weighted by Crippen LogP contribution is -2.31. The van der Waals surface area contributed by atoms with E-state index in [1.807, 2.05) is 0 Å². The van der Waals surface area contributed by atoms with E-state index < -0.39 is 0 Å². The summed E-state index contributed by atoms with van der Waals surface area (Å²) in [6, 6.07) is 0. The van der Waals surface area contributed by atoms with Crippen LogP contribution in [0.25, 0.3) is 6.20 Å². The first-order valence-corrected chi connectivity index (χ1v) is 4.80. The Kier molecular flexibility index (Phi) is 2.91. The molecule has 0 bridgehead atoms. The van der Waals surface area contributed by atoms with Crippen molar-refractivity contribution in [3.05, 3.63) is 23.3 Å². The second-order valence-electron chi connectivity index (χ2n) is 3.44. The van der Waals surface area contributed by atoms with Gasteiger partial charge in [0.25, 0.3) is 5.82 Å². The number of rotatable bonds is 2. The monoisotopic (exact) mass is 179 g/mol. The Labute approximate surface area is 80.5 Å². The van der Waals surface area contributed by atoms with Gasteiger partial charge in [0, 0.05) is 20.8 Å². The van der Waals surface area contributed by atoms with Crippen molar-refractivity contribution in [2.24, 2.45) is 7.05 Å². The van der Waals surface area contributed by atoms with Crippen molar-refractivity contribution < 1.29 is 4.57 Å². The number of allylic oxidation sites excluding steroid dienone is 1. The molecule has 1 aromatic rings. The number of hydrogen-bond acceptors (Lipinski definition) is 0. The first kappa shape index (κ1) is 10.0. The van der Waals surface area contributed by atoms with Gasteiger partial charge < -0.3 is 0 Å². The summed E-state index contributed by atoms with van der Waals surface area (Å²) in [5.41, 5.74) is 2.66. The van der Waals surface area contributed by atoms with Crippen LogP contribution >= 0.6 is 0 Å². The molecule has 0 aliphatic rings. The molecule has 0 spiro atoms. The van der Waals surface area contributed by atoms with Gasteiger partial charge >= 0.3 is 0 Å². The molecule has 72 valence electrons. The van der Waals surface area contributed by atoms with E-state index in [0.29, 0.717) is 0 Å². The summed E-state index contributed by atoms with van der Waals surface area (Å²) < 4.78 is 4.45. The second-order valence-corrected chi connectivity index (χ2v) is 3.44. The summed E-state index contributed by atoms with van der Waals surface area (Å²) in [6.45, 7) is 8.60. The lowest BCUT2D eigenvalue weighted by atomic mass is 10.4. The van der Waals surface area contributed by atoms with E-state index >= 15 is 0 Å². The van der Waals surface area contributed by atoms with Crippen molar-refractivity contribution in [2.75, 3.05) is 0 Å². The molecular weight excluding hydrogens is 160 g/mol. The van der Waals surface area contributed by atoms with E-state index in [4.69, 9.17) is 0 Å². The average molecular weight is 179 g/mol. The lowest BCUT2D eigenvalue weighted by Gasteiger charge is -1.90. The fraction of sp³-hybridized carbons (Fsp3) is 0.545. The maximum atomic E-state index is 2.23. The van der Waals surface area contributed by atoms with Crippen molar-refractivity contribution in [3.8, 4) is 0 Å². The highest BCUT2D eigenvalue weighted by molar-refractivity contribution is 5.14. The fourth-order valence-corrected chi connectivity index (χ4v) is 1.49. The molecule has 0 saturated heterocycles. The van der Waals surface area contributed by atoms with Gasteiger partial charge in [0.15, 0.2) is 0 Å². The third-order valence-electron chi connectivity index (χ3n) is 2.71. The third-order valence-corrected chi connectivity index (χ3v) is 2.71. The molecule has 0 N–H and O–H groups in total. The summed E-state index contributed by atoms with van der Waals surface area (Å²) in [6.07, 6.45) is 5.41. The van der Waals surface area contributed by atoms with Crippen LogP contribution in [-0.4, -0.2) is 4.57 Å². The molecule has 0 saturated carbocycles. The molecule has 1 rings (SSSR count). The van der Waals surface area contributed by atoms with Crippen LogP contribution in [0.5, 0.6) is 0 Å². The van der Waals surface area contributed by atoms with Gasteiger partial charge in [-0.05, 0) is 12.5 Å². The van der Waals surface area contributed by atoms with Crippen LogP contribution in [0.2, 0.25) is 0 Å². The quantitative estimate of drug-likeness (QED) is 0.615. The molecule has 1 heterocycles. The first-order chi connectivity index (χ1) is 6.09. The highest BCUT2D eigenvalue weighted by Crippen LogP contribution is 2.04. The van der Waals surface area contributed by atoms with E-state index in [0.717, 1.165) is 6.42 Å². The molecule has 0 fully saturated rings. The SMILES string of the molecule is CC/C=C/[n+]1c(C)c(C)n(C)c1C. The normalized spacial score (nSPS) is 11.5. The summed E-state index contributed by atoms with van der Waals surface area (Å²) in [7, 11) is 2.11. The van der Waals surface area contributed by atoms with Crippen molar-refractivity contribution in [3.63, 3.8) is 0 Å². The summed E-state index contributed by atoms with van der Waals surface area (Å²) in [5, 5.41) is 0. The summed E-state index contributed by atoms with van der Waals surface area (Å²) in [5.74, 6) is 1.28. The van der Waals surface area contributed by atoms with Gasteiger partial charge in [-0.25, -0.2) is 9.13 Å². The van der Waals surface area contributed by atoms with Gasteiger partial charge in [-0.1, -0.05) is 6.92 Å². The van der Waals surface area contributed by atoms with E-state index in [-0.39, 0.29) is 0 Å². The number of imidazole rings is 1. The van der Waals surface area contributed by atoms with Crippen LogP contribution < -0.4 is 4.57 Å². The predicted molar refractivity (Wildman–Crippen MR) is 55.4 cm³/mol. The molecule has 1 aromatic heterocycles. The Morgan fingerprint density at radius 1 is 1.31 bits per heavy atom. The topological polar surface area (TPSA) is 8.81 Å². The van der Waals surface area contributed by atoms with Gasteiger partial charge in [-0.2, -0.15) is 0 Å². The average Bonchev–Trinajstić information content (AvgIpc) is 2.30. The summed E-state index contributed by atoms with van der Waals surface area (Å²) in [4.78, 5) is 0.